The normalized spacial score (nSPS) is 12.4. The minimum atomic E-state index is -0.238. The van der Waals surface area contributed by atoms with Crippen LogP contribution < -0.4 is 5.73 Å². The molecule has 0 saturated heterocycles. The minimum Gasteiger partial charge on any atom is -0.323 e. The minimum absolute atomic E-state index is 0.148. The third-order valence-corrected chi connectivity index (χ3v) is 4.49. The zero-order valence-electron chi connectivity index (χ0n) is 9.95. The van der Waals surface area contributed by atoms with Crippen molar-refractivity contribution in [3.05, 3.63) is 63.9 Å². The molecule has 0 heterocycles. The fraction of sp³-hybridized carbons (Fsp3) is 0.143. The first-order valence-corrected chi connectivity index (χ1v) is 7.39. The molecule has 0 amide bonds. The summed E-state index contributed by atoms with van der Waals surface area (Å²) in [5.74, 6) is 0.446. The fourth-order valence-corrected chi connectivity index (χ4v) is 2.76. The molecule has 0 aliphatic heterocycles. The van der Waals surface area contributed by atoms with Gasteiger partial charge in [-0.15, -0.1) is 11.8 Å². The van der Waals surface area contributed by atoms with Crippen molar-refractivity contribution in [2.75, 3.05) is 5.75 Å². The molecule has 2 aromatic carbocycles. The Morgan fingerprint density at radius 1 is 1.05 bits per heavy atom. The Balaban J connectivity index is 1.98. The van der Waals surface area contributed by atoms with Gasteiger partial charge in [-0.2, -0.15) is 0 Å². The molecule has 0 bridgehead atoms. The van der Waals surface area contributed by atoms with Crippen LogP contribution in [0.4, 0.5) is 4.39 Å². The summed E-state index contributed by atoms with van der Waals surface area (Å²) in [5.41, 5.74) is 7.03. The number of thioether (sulfide) groups is 1. The van der Waals surface area contributed by atoms with Gasteiger partial charge in [-0.25, -0.2) is 4.39 Å². The summed E-state index contributed by atoms with van der Waals surface area (Å²) in [5, 5.41) is 1.02. The van der Waals surface area contributed by atoms with Crippen molar-refractivity contribution in [3.8, 4) is 0 Å². The van der Waals surface area contributed by atoms with E-state index in [4.69, 9.17) is 28.9 Å². The molecule has 2 aromatic rings. The molecule has 19 heavy (non-hydrogen) atoms. The summed E-state index contributed by atoms with van der Waals surface area (Å²) >= 11 is 13.4. The van der Waals surface area contributed by atoms with Gasteiger partial charge in [0.05, 0.1) is 10.0 Å². The molecule has 1 unspecified atom stereocenters. The molecule has 0 aromatic heterocycles. The van der Waals surface area contributed by atoms with E-state index in [0.29, 0.717) is 15.8 Å². The van der Waals surface area contributed by atoms with Crippen molar-refractivity contribution in [1.29, 1.82) is 0 Å². The molecule has 1 atom stereocenters. The first-order chi connectivity index (χ1) is 9.06. The van der Waals surface area contributed by atoms with Crippen LogP contribution in [0.15, 0.2) is 47.4 Å². The molecular weight excluding hydrogens is 304 g/mol. The van der Waals surface area contributed by atoms with Crippen LogP contribution in [-0.2, 0) is 0 Å². The van der Waals surface area contributed by atoms with E-state index >= 15 is 0 Å². The van der Waals surface area contributed by atoms with Crippen LogP contribution in [0.5, 0.6) is 0 Å². The van der Waals surface area contributed by atoms with Crippen molar-refractivity contribution in [2.45, 2.75) is 10.9 Å². The second-order valence-electron chi connectivity index (χ2n) is 4.04. The number of halogens is 3. The average Bonchev–Trinajstić information content (AvgIpc) is 2.41. The van der Waals surface area contributed by atoms with E-state index in [2.05, 4.69) is 0 Å². The van der Waals surface area contributed by atoms with Gasteiger partial charge in [0, 0.05) is 16.7 Å². The number of benzene rings is 2. The predicted octanol–water partition coefficient (Wildman–Crippen LogP) is 4.92. The third kappa shape index (κ3) is 4.11. The SMILES string of the molecule is NC(CSc1ccc(F)cc1)c1ccc(Cl)c(Cl)c1. The molecule has 0 aliphatic carbocycles. The first kappa shape index (κ1) is 14.7. The summed E-state index contributed by atoms with van der Waals surface area (Å²) in [6.07, 6.45) is 0. The van der Waals surface area contributed by atoms with Crippen LogP contribution in [0, 0.1) is 5.82 Å². The summed E-state index contributed by atoms with van der Waals surface area (Å²) in [6.45, 7) is 0. The molecule has 0 radical (unpaired) electrons. The van der Waals surface area contributed by atoms with Crippen LogP contribution in [0.3, 0.4) is 0 Å². The van der Waals surface area contributed by atoms with E-state index in [1.807, 2.05) is 6.07 Å². The summed E-state index contributed by atoms with van der Waals surface area (Å²) in [6, 6.07) is 11.6. The van der Waals surface area contributed by atoms with Gasteiger partial charge in [0.2, 0.25) is 0 Å². The lowest BCUT2D eigenvalue weighted by molar-refractivity contribution is 0.626. The van der Waals surface area contributed by atoms with E-state index in [-0.39, 0.29) is 11.9 Å². The Hall–Kier alpha value is -0.740. The molecular formula is C14H12Cl2FNS. The van der Waals surface area contributed by atoms with Crippen LogP contribution in [-0.4, -0.2) is 5.75 Å². The largest absolute Gasteiger partial charge is 0.323 e. The smallest absolute Gasteiger partial charge is 0.123 e. The molecule has 0 saturated carbocycles. The van der Waals surface area contributed by atoms with Crippen LogP contribution in [0.2, 0.25) is 10.0 Å². The molecule has 0 spiro atoms. The highest BCUT2D eigenvalue weighted by Crippen LogP contribution is 2.28. The number of hydrogen-bond donors (Lipinski definition) is 1. The Labute approximate surface area is 125 Å². The number of hydrogen-bond acceptors (Lipinski definition) is 2. The summed E-state index contributed by atoms with van der Waals surface area (Å²) in [7, 11) is 0. The van der Waals surface area contributed by atoms with E-state index < -0.39 is 0 Å². The van der Waals surface area contributed by atoms with Gasteiger partial charge >= 0.3 is 0 Å². The maximum absolute atomic E-state index is 12.8. The quantitative estimate of drug-likeness (QED) is 0.810. The van der Waals surface area contributed by atoms with Gasteiger partial charge in [-0.3, -0.25) is 0 Å². The maximum Gasteiger partial charge on any atom is 0.123 e. The van der Waals surface area contributed by atoms with Gasteiger partial charge in [0.1, 0.15) is 5.82 Å². The van der Waals surface area contributed by atoms with E-state index in [1.165, 1.54) is 12.1 Å². The van der Waals surface area contributed by atoms with E-state index in [9.17, 15) is 4.39 Å². The molecule has 2 N–H and O–H groups in total. The van der Waals surface area contributed by atoms with Crippen LogP contribution in [0.25, 0.3) is 0 Å². The van der Waals surface area contributed by atoms with Gasteiger partial charge in [-0.05, 0) is 42.0 Å². The summed E-state index contributed by atoms with van der Waals surface area (Å²) < 4.78 is 12.8. The standard InChI is InChI=1S/C14H12Cl2FNS/c15-12-6-1-9(7-13(12)16)14(18)8-19-11-4-2-10(17)3-5-11/h1-7,14H,8,18H2. The van der Waals surface area contributed by atoms with Crippen molar-refractivity contribution in [2.24, 2.45) is 5.73 Å². The lowest BCUT2D eigenvalue weighted by atomic mass is 10.1. The molecule has 0 fully saturated rings. The van der Waals surface area contributed by atoms with E-state index in [1.54, 1.807) is 36.0 Å². The zero-order chi connectivity index (χ0) is 13.8. The molecule has 5 heteroatoms. The lowest BCUT2D eigenvalue weighted by Crippen LogP contribution is -2.12. The molecule has 2 rings (SSSR count). The second kappa shape index (κ2) is 6.62. The second-order valence-corrected chi connectivity index (χ2v) is 5.95. The number of rotatable bonds is 4. The zero-order valence-corrected chi connectivity index (χ0v) is 12.3. The first-order valence-electron chi connectivity index (χ1n) is 5.65. The highest BCUT2D eigenvalue weighted by atomic mass is 35.5. The molecule has 100 valence electrons. The highest BCUT2D eigenvalue weighted by Gasteiger charge is 2.09. The fourth-order valence-electron chi connectivity index (χ4n) is 1.56. The van der Waals surface area contributed by atoms with Gasteiger partial charge < -0.3 is 5.73 Å². The Morgan fingerprint density at radius 3 is 2.37 bits per heavy atom. The Morgan fingerprint density at radius 2 is 1.74 bits per heavy atom. The van der Waals surface area contributed by atoms with Crippen molar-refractivity contribution >= 4 is 35.0 Å². The highest BCUT2D eigenvalue weighted by molar-refractivity contribution is 7.99. The van der Waals surface area contributed by atoms with Crippen molar-refractivity contribution in [1.82, 2.24) is 0 Å². The Bertz CT molecular complexity index is 560. The lowest BCUT2D eigenvalue weighted by Gasteiger charge is -2.12. The maximum atomic E-state index is 12.8. The average molecular weight is 316 g/mol. The number of nitrogens with two attached hydrogens (primary N) is 1. The van der Waals surface area contributed by atoms with Gasteiger partial charge in [0.15, 0.2) is 0 Å². The van der Waals surface area contributed by atoms with Crippen molar-refractivity contribution in [3.63, 3.8) is 0 Å². The monoisotopic (exact) mass is 315 g/mol. The topological polar surface area (TPSA) is 26.0 Å². The van der Waals surface area contributed by atoms with E-state index in [0.717, 1.165) is 10.5 Å². The molecule has 0 aliphatic rings. The van der Waals surface area contributed by atoms with Crippen LogP contribution >= 0.6 is 35.0 Å². The van der Waals surface area contributed by atoms with Crippen LogP contribution in [0.1, 0.15) is 11.6 Å². The Kier molecular flexibility index (Phi) is 5.11. The molecule has 1 nitrogen and oxygen atoms in total. The summed E-state index contributed by atoms with van der Waals surface area (Å²) in [4.78, 5) is 0.983. The van der Waals surface area contributed by atoms with Gasteiger partial charge in [0.25, 0.3) is 0 Å². The van der Waals surface area contributed by atoms with Crippen molar-refractivity contribution < 1.29 is 4.39 Å². The predicted molar refractivity (Wildman–Crippen MR) is 80.5 cm³/mol. The third-order valence-electron chi connectivity index (χ3n) is 2.62. The van der Waals surface area contributed by atoms with Gasteiger partial charge in [-0.1, -0.05) is 29.3 Å².